The van der Waals surface area contributed by atoms with Crippen LogP contribution in [0.1, 0.15) is 41.0 Å². The van der Waals surface area contributed by atoms with Crippen LogP contribution in [0.25, 0.3) is 0 Å². The first-order valence-electron chi connectivity index (χ1n) is 7.44. The zero-order chi connectivity index (χ0) is 16.6. The summed E-state index contributed by atoms with van der Waals surface area (Å²) in [4.78, 5) is 14.6. The van der Waals surface area contributed by atoms with Gasteiger partial charge in [-0.1, -0.05) is 36.7 Å². The molecule has 1 aliphatic heterocycles. The van der Waals surface area contributed by atoms with Crippen LogP contribution in [0.2, 0.25) is 13.1 Å². The van der Waals surface area contributed by atoms with Gasteiger partial charge < -0.3 is 14.4 Å². The molecule has 1 saturated heterocycles. The number of nitrogens with zero attached hydrogens (tertiary/aromatic N) is 1. The lowest BCUT2D eigenvalue weighted by Gasteiger charge is -2.40. The maximum atomic E-state index is 12.8. The monoisotopic (exact) mass is 378 g/mol. The minimum absolute atomic E-state index is 0.0217. The number of rotatable bonds is 4. The van der Waals surface area contributed by atoms with E-state index in [0.29, 0.717) is 18.9 Å². The summed E-state index contributed by atoms with van der Waals surface area (Å²) in [6.07, 6.45) is 0.692. The van der Waals surface area contributed by atoms with Gasteiger partial charge in [-0.2, -0.15) is 0 Å². The van der Waals surface area contributed by atoms with Crippen molar-refractivity contribution < 1.29 is 14.3 Å². The Kier molecular flexibility index (Phi) is 5.74. The molecule has 1 aliphatic rings. The molecule has 1 heterocycles. The molecule has 0 spiro atoms. The molecule has 1 N–H and O–H groups in total. The highest BCUT2D eigenvalue weighted by Crippen LogP contribution is 2.44. The molecule has 0 aliphatic carbocycles. The molecule has 1 rings (SSSR count). The van der Waals surface area contributed by atoms with E-state index in [1.165, 1.54) is 0 Å². The van der Waals surface area contributed by atoms with Crippen molar-refractivity contribution in [2.45, 2.75) is 64.2 Å². The summed E-state index contributed by atoms with van der Waals surface area (Å²) in [5.74, 6) is 0.288. The van der Waals surface area contributed by atoms with E-state index in [0.717, 1.165) is 0 Å². The molecule has 1 radical (unpaired) electrons. The van der Waals surface area contributed by atoms with Crippen LogP contribution in [0.15, 0.2) is 0 Å². The van der Waals surface area contributed by atoms with E-state index in [1.54, 1.807) is 4.90 Å². The maximum Gasteiger partial charge on any atom is 0.241 e. The quantitative estimate of drug-likeness (QED) is 0.604. The third-order valence-corrected chi connectivity index (χ3v) is 5.21. The van der Waals surface area contributed by atoms with Gasteiger partial charge in [0.1, 0.15) is 0 Å². The van der Waals surface area contributed by atoms with E-state index >= 15 is 0 Å². The van der Waals surface area contributed by atoms with Crippen molar-refractivity contribution in [1.29, 1.82) is 0 Å². The zero-order valence-corrected chi connectivity index (χ0v) is 16.9. The Hall–Kier alpha value is 0.0869. The molecular weight excluding hydrogens is 350 g/mol. The number of halogens is 1. The highest BCUT2D eigenvalue weighted by Gasteiger charge is 2.53. The molecule has 4 nitrogen and oxygen atoms in total. The Bertz CT molecular complexity index is 389. The SMILES string of the molecule is C[Si](C)O[C@]1(CO)C[C@H](C(C)(C)C)CN1C(=O)C(C)(C)Br. The second-order valence-corrected chi connectivity index (χ2v) is 11.8. The molecule has 0 bridgehead atoms. The molecule has 1 fully saturated rings. The summed E-state index contributed by atoms with van der Waals surface area (Å²) in [5.41, 5.74) is -0.790. The highest BCUT2D eigenvalue weighted by molar-refractivity contribution is 9.10. The van der Waals surface area contributed by atoms with E-state index < -0.39 is 19.1 Å². The number of alkyl halides is 1. The van der Waals surface area contributed by atoms with Crippen LogP contribution < -0.4 is 0 Å². The van der Waals surface area contributed by atoms with Gasteiger partial charge in [-0.05, 0) is 38.3 Å². The third kappa shape index (κ3) is 4.30. The first-order chi connectivity index (χ1) is 9.33. The Morgan fingerprint density at radius 3 is 2.24 bits per heavy atom. The highest BCUT2D eigenvalue weighted by atomic mass is 79.9. The predicted molar refractivity (Wildman–Crippen MR) is 90.7 cm³/mol. The van der Waals surface area contributed by atoms with Crippen molar-refractivity contribution in [3.8, 4) is 0 Å². The van der Waals surface area contributed by atoms with Crippen LogP contribution in [0.4, 0.5) is 0 Å². The average molecular weight is 379 g/mol. The lowest BCUT2D eigenvalue weighted by molar-refractivity contribution is -0.156. The molecule has 0 saturated carbocycles. The van der Waals surface area contributed by atoms with Crippen LogP contribution in [0.3, 0.4) is 0 Å². The van der Waals surface area contributed by atoms with Crippen LogP contribution >= 0.6 is 15.9 Å². The lowest BCUT2D eigenvalue weighted by Crippen LogP contribution is -2.57. The van der Waals surface area contributed by atoms with Crippen molar-refractivity contribution in [2.75, 3.05) is 13.2 Å². The number of aliphatic hydroxyl groups is 1. The van der Waals surface area contributed by atoms with Gasteiger partial charge >= 0.3 is 0 Å². The van der Waals surface area contributed by atoms with E-state index in [9.17, 15) is 9.90 Å². The number of carbonyl (C=O) groups is 1. The van der Waals surface area contributed by atoms with Gasteiger partial charge in [0.25, 0.3) is 0 Å². The molecule has 0 aromatic heterocycles. The predicted octanol–water partition coefficient (Wildman–Crippen LogP) is 3.01. The molecule has 0 aromatic carbocycles. The Labute approximate surface area is 139 Å². The summed E-state index contributed by atoms with van der Waals surface area (Å²) in [7, 11) is -1.03. The van der Waals surface area contributed by atoms with Gasteiger partial charge in [0.2, 0.25) is 14.9 Å². The van der Waals surface area contributed by atoms with Gasteiger partial charge in [-0.25, -0.2) is 0 Å². The van der Waals surface area contributed by atoms with E-state index in [2.05, 4.69) is 36.7 Å². The minimum atomic E-state index is -1.03. The van der Waals surface area contributed by atoms with Crippen LogP contribution in [-0.2, 0) is 9.22 Å². The van der Waals surface area contributed by atoms with E-state index in [1.807, 2.05) is 26.9 Å². The van der Waals surface area contributed by atoms with Gasteiger partial charge in [0.15, 0.2) is 5.72 Å². The molecule has 1 amide bonds. The molecule has 0 aromatic rings. The fourth-order valence-corrected chi connectivity index (χ4v) is 4.01. The minimum Gasteiger partial charge on any atom is -0.393 e. The number of hydrogen-bond donors (Lipinski definition) is 1. The number of carbonyl (C=O) groups excluding carboxylic acids is 1. The van der Waals surface area contributed by atoms with Gasteiger partial charge in [-0.3, -0.25) is 4.79 Å². The van der Waals surface area contributed by atoms with Crippen molar-refractivity contribution in [2.24, 2.45) is 11.3 Å². The fraction of sp³-hybridized carbons (Fsp3) is 0.933. The van der Waals surface area contributed by atoms with E-state index in [-0.39, 0.29) is 17.9 Å². The summed E-state index contributed by atoms with van der Waals surface area (Å²) in [6, 6.07) is 0. The summed E-state index contributed by atoms with van der Waals surface area (Å²) in [6.45, 7) is 14.8. The molecule has 21 heavy (non-hydrogen) atoms. The van der Waals surface area contributed by atoms with E-state index in [4.69, 9.17) is 4.43 Å². The van der Waals surface area contributed by atoms with Gasteiger partial charge in [-0.15, -0.1) is 0 Å². The van der Waals surface area contributed by atoms with Crippen LogP contribution in [0, 0.1) is 11.3 Å². The second kappa shape index (κ2) is 6.30. The molecule has 123 valence electrons. The molecule has 6 heteroatoms. The standard InChI is InChI=1S/C15H29BrNO3Si/c1-13(2,3)11-8-15(10-18,20-21(6)7)17(9-11)12(19)14(4,5)16/h11,18H,8-10H2,1-7H3/t11-,15-/m0/s1. The van der Waals surface area contributed by atoms with Crippen LogP contribution in [-0.4, -0.2) is 48.2 Å². The zero-order valence-electron chi connectivity index (χ0n) is 14.3. The van der Waals surface area contributed by atoms with Gasteiger partial charge in [0.05, 0.1) is 10.9 Å². The summed E-state index contributed by atoms with van der Waals surface area (Å²) >= 11 is 3.45. The molecule has 0 unspecified atom stereocenters. The summed E-state index contributed by atoms with van der Waals surface area (Å²) < 4.78 is 5.48. The van der Waals surface area contributed by atoms with Crippen molar-refractivity contribution in [1.82, 2.24) is 4.90 Å². The van der Waals surface area contributed by atoms with Crippen molar-refractivity contribution in [3.05, 3.63) is 0 Å². The maximum absolute atomic E-state index is 12.8. The second-order valence-electron chi connectivity index (χ2n) is 7.77. The lowest BCUT2D eigenvalue weighted by atomic mass is 9.79. The van der Waals surface area contributed by atoms with Gasteiger partial charge in [0, 0.05) is 13.0 Å². The number of aliphatic hydroxyl groups excluding tert-OH is 1. The van der Waals surface area contributed by atoms with Crippen molar-refractivity contribution >= 4 is 30.9 Å². The van der Waals surface area contributed by atoms with Crippen molar-refractivity contribution in [3.63, 3.8) is 0 Å². The number of likely N-dealkylation sites (tertiary alicyclic amines) is 1. The largest absolute Gasteiger partial charge is 0.393 e. The average Bonchev–Trinajstić information content (AvgIpc) is 2.65. The molecule has 2 atom stereocenters. The Morgan fingerprint density at radius 1 is 1.38 bits per heavy atom. The topological polar surface area (TPSA) is 49.8 Å². The normalized spacial score (nSPS) is 27.5. The number of hydrogen-bond acceptors (Lipinski definition) is 3. The third-order valence-electron chi connectivity index (χ3n) is 4.08. The first kappa shape index (κ1) is 19.1. The summed E-state index contributed by atoms with van der Waals surface area (Å²) in [5, 5.41) is 10.0. The first-order valence-corrected chi connectivity index (χ1v) is 10.6. The molecular formula is C15H29BrNO3Si. The number of amides is 1. The van der Waals surface area contributed by atoms with Crippen LogP contribution in [0.5, 0.6) is 0 Å². The fourth-order valence-electron chi connectivity index (χ4n) is 2.77. The smallest absolute Gasteiger partial charge is 0.241 e. The Morgan fingerprint density at radius 2 is 1.90 bits per heavy atom. The Balaban J connectivity index is 3.18.